The molecule has 0 aliphatic rings. The molecule has 3 N–H and O–H groups in total. The average Bonchev–Trinajstić information content (AvgIpc) is 2.26. The third-order valence-electron chi connectivity index (χ3n) is 2.44. The maximum atomic E-state index is 9.89. The van der Waals surface area contributed by atoms with E-state index in [1.165, 1.54) is 0 Å². The molecule has 0 unspecified atom stereocenters. The van der Waals surface area contributed by atoms with Crippen molar-refractivity contribution in [2.24, 2.45) is 5.73 Å². The van der Waals surface area contributed by atoms with Crippen LogP contribution in [0.5, 0.6) is 0 Å². The largest absolute Gasteiger partial charge is 0.387 e. The lowest BCUT2D eigenvalue weighted by Gasteiger charge is -2.18. The van der Waals surface area contributed by atoms with Crippen LogP contribution in [0, 0.1) is 0 Å². The summed E-state index contributed by atoms with van der Waals surface area (Å²) in [6.45, 7) is 2.13. The van der Waals surface area contributed by atoms with E-state index in [2.05, 4.69) is 6.92 Å². The van der Waals surface area contributed by atoms with Crippen LogP contribution in [0.15, 0.2) is 30.3 Å². The van der Waals surface area contributed by atoms with Crippen molar-refractivity contribution in [3.05, 3.63) is 35.9 Å². The van der Waals surface area contributed by atoms with Gasteiger partial charge in [0.05, 0.1) is 6.10 Å². The van der Waals surface area contributed by atoms with E-state index in [0.717, 1.165) is 24.8 Å². The molecule has 0 fully saturated rings. The smallest absolute Gasteiger partial charge is 0.0940 e. The molecule has 14 heavy (non-hydrogen) atoms. The Morgan fingerprint density at radius 1 is 1.29 bits per heavy atom. The second kappa shape index (κ2) is 5.78. The zero-order valence-corrected chi connectivity index (χ0v) is 8.69. The number of aliphatic hydroxyl groups is 1. The highest BCUT2D eigenvalue weighted by atomic mass is 16.3. The number of benzene rings is 1. The summed E-state index contributed by atoms with van der Waals surface area (Å²) in [5.41, 5.74) is 6.80. The summed E-state index contributed by atoms with van der Waals surface area (Å²) in [6.07, 6.45) is 2.55. The van der Waals surface area contributed by atoms with Crippen molar-refractivity contribution in [2.75, 3.05) is 0 Å². The second-order valence-corrected chi connectivity index (χ2v) is 3.66. The van der Waals surface area contributed by atoms with Crippen molar-refractivity contribution >= 4 is 0 Å². The van der Waals surface area contributed by atoms with E-state index < -0.39 is 6.10 Å². The summed E-state index contributed by atoms with van der Waals surface area (Å²) in [4.78, 5) is 0. The Labute approximate surface area is 85.8 Å². The molecule has 0 aliphatic heterocycles. The number of unbranched alkanes of at least 4 members (excludes halogenated alkanes) is 1. The molecule has 1 aromatic rings. The molecule has 2 heteroatoms. The standard InChI is InChI=1S/C12H19NO/c1-2-3-9-11(13)12(14)10-7-5-4-6-8-10/h4-8,11-12,14H,2-3,9,13H2,1H3/t11-,12+/m1/s1. The predicted octanol–water partition coefficient (Wildman–Crippen LogP) is 2.24. The molecule has 0 bridgehead atoms. The molecule has 0 radical (unpaired) electrons. The molecular formula is C12H19NO. The van der Waals surface area contributed by atoms with Crippen LogP contribution in [0.3, 0.4) is 0 Å². The van der Waals surface area contributed by atoms with Crippen LogP contribution >= 0.6 is 0 Å². The van der Waals surface area contributed by atoms with Crippen LogP contribution < -0.4 is 5.73 Å². The van der Waals surface area contributed by atoms with Gasteiger partial charge in [0.15, 0.2) is 0 Å². The molecule has 0 aliphatic carbocycles. The molecule has 2 atom stereocenters. The summed E-state index contributed by atoms with van der Waals surface area (Å²) in [5.74, 6) is 0. The fourth-order valence-electron chi connectivity index (χ4n) is 1.50. The maximum absolute atomic E-state index is 9.89. The number of rotatable bonds is 5. The van der Waals surface area contributed by atoms with Gasteiger partial charge in [-0.05, 0) is 12.0 Å². The fourth-order valence-corrected chi connectivity index (χ4v) is 1.50. The number of hydrogen-bond acceptors (Lipinski definition) is 2. The number of aliphatic hydroxyl groups excluding tert-OH is 1. The Bertz CT molecular complexity index is 248. The van der Waals surface area contributed by atoms with E-state index in [1.54, 1.807) is 0 Å². The van der Waals surface area contributed by atoms with Gasteiger partial charge in [-0.15, -0.1) is 0 Å². The van der Waals surface area contributed by atoms with E-state index in [9.17, 15) is 5.11 Å². The van der Waals surface area contributed by atoms with E-state index in [-0.39, 0.29) is 6.04 Å². The van der Waals surface area contributed by atoms with Gasteiger partial charge in [-0.25, -0.2) is 0 Å². The molecule has 0 spiro atoms. The summed E-state index contributed by atoms with van der Waals surface area (Å²) < 4.78 is 0. The summed E-state index contributed by atoms with van der Waals surface area (Å²) in [5, 5.41) is 9.89. The normalized spacial score (nSPS) is 15.1. The Kier molecular flexibility index (Phi) is 4.63. The van der Waals surface area contributed by atoms with Crippen LogP contribution in [-0.2, 0) is 0 Å². The van der Waals surface area contributed by atoms with Gasteiger partial charge in [-0.1, -0.05) is 50.1 Å². The molecule has 1 aromatic carbocycles. The number of nitrogens with two attached hydrogens (primary N) is 1. The zero-order valence-electron chi connectivity index (χ0n) is 8.69. The Morgan fingerprint density at radius 3 is 2.50 bits per heavy atom. The number of hydrogen-bond donors (Lipinski definition) is 2. The Balaban J connectivity index is 2.52. The van der Waals surface area contributed by atoms with Gasteiger partial charge >= 0.3 is 0 Å². The minimum absolute atomic E-state index is 0.141. The lowest BCUT2D eigenvalue weighted by atomic mass is 9.99. The SMILES string of the molecule is CCCC[C@@H](N)[C@@H](O)c1ccccc1. The molecule has 0 aromatic heterocycles. The maximum Gasteiger partial charge on any atom is 0.0940 e. The molecule has 0 saturated carbocycles. The van der Waals surface area contributed by atoms with Gasteiger partial charge in [0.1, 0.15) is 0 Å². The first-order chi connectivity index (χ1) is 6.75. The van der Waals surface area contributed by atoms with Gasteiger partial charge < -0.3 is 10.8 Å². The minimum atomic E-state index is -0.525. The van der Waals surface area contributed by atoms with Crippen molar-refractivity contribution in [3.8, 4) is 0 Å². The zero-order chi connectivity index (χ0) is 10.4. The lowest BCUT2D eigenvalue weighted by molar-refractivity contribution is 0.141. The highest BCUT2D eigenvalue weighted by Crippen LogP contribution is 2.18. The average molecular weight is 193 g/mol. The summed E-state index contributed by atoms with van der Waals surface area (Å²) >= 11 is 0. The van der Waals surface area contributed by atoms with E-state index in [4.69, 9.17) is 5.73 Å². The van der Waals surface area contributed by atoms with Crippen molar-refractivity contribution in [1.82, 2.24) is 0 Å². The Morgan fingerprint density at radius 2 is 1.93 bits per heavy atom. The van der Waals surface area contributed by atoms with Crippen LogP contribution in [0.4, 0.5) is 0 Å². The lowest BCUT2D eigenvalue weighted by Crippen LogP contribution is -2.28. The third kappa shape index (κ3) is 3.13. The predicted molar refractivity (Wildman–Crippen MR) is 58.9 cm³/mol. The molecule has 1 rings (SSSR count). The molecule has 0 amide bonds. The molecule has 78 valence electrons. The van der Waals surface area contributed by atoms with Crippen LogP contribution in [-0.4, -0.2) is 11.1 Å². The van der Waals surface area contributed by atoms with Crippen molar-refractivity contribution in [3.63, 3.8) is 0 Å². The van der Waals surface area contributed by atoms with Gasteiger partial charge in [0, 0.05) is 6.04 Å². The van der Waals surface area contributed by atoms with Crippen molar-refractivity contribution in [1.29, 1.82) is 0 Å². The first-order valence-corrected chi connectivity index (χ1v) is 5.24. The van der Waals surface area contributed by atoms with Gasteiger partial charge in [0.2, 0.25) is 0 Å². The highest BCUT2D eigenvalue weighted by Gasteiger charge is 2.15. The third-order valence-corrected chi connectivity index (χ3v) is 2.44. The van der Waals surface area contributed by atoms with Gasteiger partial charge in [0.25, 0.3) is 0 Å². The minimum Gasteiger partial charge on any atom is -0.387 e. The summed E-state index contributed by atoms with van der Waals surface area (Å²) in [6, 6.07) is 9.47. The quantitative estimate of drug-likeness (QED) is 0.753. The highest BCUT2D eigenvalue weighted by molar-refractivity contribution is 5.18. The van der Waals surface area contributed by atoms with E-state index in [0.29, 0.717) is 0 Å². The van der Waals surface area contributed by atoms with E-state index >= 15 is 0 Å². The van der Waals surface area contributed by atoms with Crippen molar-refractivity contribution in [2.45, 2.75) is 38.3 Å². The van der Waals surface area contributed by atoms with Crippen LogP contribution in [0.25, 0.3) is 0 Å². The monoisotopic (exact) mass is 193 g/mol. The summed E-state index contributed by atoms with van der Waals surface area (Å²) in [7, 11) is 0. The van der Waals surface area contributed by atoms with Gasteiger partial charge in [-0.3, -0.25) is 0 Å². The molecule has 0 heterocycles. The Hall–Kier alpha value is -0.860. The molecule has 0 saturated heterocycles. The van der Waals surface area contributed by atoms with Gasteiger partial charge in [-0.2, -0.15) is 0 Å². The molecule has 2 nitrogen and oxygen atoms in total. The molecular weight excluding hydrogens is 174 g/mol. The second-order valence-electron chi connectivity index (χ2n) is 3.66. The van der Waals surface area contributed by atoms with Crippen molar-refractivity contribution < 1.29 is 5.11 Å². The van der Waals surface area contributed by atoms with Crippen LogP contribution in [0.2, 0.25) is 0 Å². The van der Waals surface area contributed by atoms with E-state index in [1.807, 2.05) is 30.3 Å². The van der Waals surface area contributed by atoms with Crippen LogP contribution in [0.1, 0.15) is 37.9 Å². The first-order valence-electron chi connectivity index (χ1n) is 5.24. The topological polar surface area (TPSA) is 46.2 Å². The first kappa shape index (κ1) is 11.2. The fraction of sp³-hybridized carbons (Fsp3) is 0.500.